The zero-order chi connectivity index (χ0) is 51.6. The summed E-state index contributed by atoms with van der Waals surface area (Å²) < 4.78 is 60.9. The number of fused-ring (bicyclic) bond motifs is 3. The Morgan fingerprint density at radius 2 is 1.01 bits per heavy atom. The van der Waals surface area contributed by atoms with E-state index in [1.165, 1.54) is 39.0 Å². The van der Waals surface area contributed by atoms with Gasteiger partial charge in [-0.05, 0) is 53.4 Å². The maximum absolute atomic E-state index is 13.5. The number of hydrogen-bond acceptors (Lipinski definition) is 19. The maximum Gasteiger partial charge on any atom is 0.306 e. The van der Waals surface area contributed by atoms with E-state index in [-0.39, 0.29) is 18.9 Å². The van der Waals surface area contributed by atoms with Gasteiger partial charge in [-0.15, -0.1) is 0 Å². The molecule has 0 aromatic rings. The molecule has 21 unspecified atom stereocenters. The lowest BCUT2D eigenvalue weighted by Gasteiger charge is -2.49. The van der Waals surface area contributed by atoms with Gasteiger partial charge < -0.3 is 83.1 Å². The maximum atomic E-state index is 13.5. The van der Waals surface area contributed by atoms with Crippen molar-refractivity contribution in [1.29, 1.82) is 0 Å². The van der Waals surface area contributed by atoms with Gasteiger partial charge in [0.15, 0.2) is 37.4 Å². The first-order chi connectivity index (χ1) is 34.1. The Hall–Kier alpha value is -1.66. The third-order valence-electron chi connectivity index (χ3n) is 14.8. The molecule has 0 radical (unpaired) electrons. The molecule has 71 heavy (non-hydrogen) atoms. The summed E-state index contributed by atoms with van der Waals surface area (Å²) in [5.74, 6) is -1.14. The number of ether oxygens (including phenoxy) is 10. The van der Waals surface area contributed by atoms with Crippen LogP contribution in [0.3, 0.4) is 0 Å². The van der Waals surface area contributed by atoms with Gasteiger partial charge in [0, 0.05) is 12.8 Å². The molecule has 7 N–H and O–H groups in total. The van der Waals surface area contributed by atoms with Crippen LogP contribution in [-0.2, 0) is 57.0 Å². The number of hydrogen-bond donors (Lipinski definition) is 7. The highest BCUT2D eigenvalue weighted by molar-refractivity contribution is 5.70. The number of rotatable bonds is 19. The van der Waals surface area contributed by atoms with Crippen LogP contribution in [0.2, 0.25) is 0 Å². The van der Waals surface area contributed by atoms with Crippen LogP contribution < -0.4 is 0 Å². The first-order valence-corrected chi connectivity index (χ1v) is 27.4. The topological polar surface area (TPSA) is 268 Å². The predicted octanol–water partition coefficient (Wildman–Crippen LogP) is 4.88. The summed E-state index contributed by atoms with van der Waals surface area (Å²) in [4.78, 5) is 26.2. The molecule has 5 rings (SSSR count). The lowest BCUT2D eigenvalue weighted by Crippen LogP contribution is -2.66. The molecule has 5 heterocycles. The van der Waals surface area contributed by atoms with Gasteiger partial charge in [0.2, 0.25) is 0 Å². The molecule has 0 amide bonds. The van der Waals surface area contributed by atoms with Crippen LogP contribution in [0.15, 0.2) is 0 Å². The van der Waals surface area contributed by atoms with Gasteiger partial charge in [-0.25, -0.2) is 0 Å². The summed E-state index contributed by atoms with van der Waals surface area (Å²) in [6.07, 6.45) is -7.27. The van der Waals surface area contributed by atoms with Gasteiger partial charge in [0.25, 0.3) is 0 Å². The summed E-state index contributed by atoms with van der Waals surface area (Å²) >= 11 is 0. The Labute approximate surface area is 421 Å². The summed E-state index contributed by atoms with van der Waals surface area (Å²) in [6.45, 7) is 10.6. The van der Waals surface area contributed by atoms with Crippen molar-refractivity contribution >= 4 is 11.9 Å². The average Bonchev–Trinajstić information content (AvgIpc) is 3.33. The molecule has 0 saturated carbocycles. The highest BCUT2D eigenvalue weighted by Gasteiger charge is 2.55. The number of carbonyl (C=O) groups is 2. The number of unbranched alkanes of at least 4 members (excludes halogenated alkanes) is 10. The molecule has 21 atom stereocenters. The summed E-state index contributed by atoms with van der Waals surface area (Å²) in [6, 6.07) is 0. The molecular formula is C52H92O19. The Balaban J connectivity index is 1.23. The minimum absolute atomic E-state index is 0.0492. The molecule has 5 fully saturated rings. The van der Waals surface area contributed by atoms with Crippen molar-refractivity contribution in [1.82, 2.24) is 0 Å². The largest absolute Gasteiger partial charge is 0.457 e. The molecule has 19 nitrogen and oxygen atoms in total. The van der Waals surface area contributed by atoms with Crippen LogP contribution in [0, 0.1) is 0 Å². The first kappa shape index (κ1) is 60.2. The fraction of sp³-hybridized carbons (Fsp3) is 0.962. The highest BCUT2D eigenvalue weighted by Crippen LogP contribution is 2.36. The molecule has 5 saturated heterocycles. The number of esters is 2. The van der Waals surface area contributed by atoms with Crippen LogP contribution in [0.25, 0.3) is 0 Å². The molecule has 0 aliphatic carbocycles. The molecular weight excluding hydrogens is 929 g/mol. The quantitative estimate of drug-likeness (QED) is 0.0671. The standard InChI is InChI=1S/C52H92O19/c1-7-9-11-12-13-14-17-20-24-28-35(53)67-44-31(4)63-49(41(59)39(44)57)69-45-32(5)64-50(42(60)40(45)58)70-46-33(6)65-51-43(61)47(46)68-36(54)29-25-21-18-15-16-19-23-27-34(26-22-10-8-2)66-52-48(71-51)38(56)37(55)30(3)62-52/h30-34,37-52,55-61H,7-29H2,1-6H3. The van der Waals surface area contributed by atoms with Gasteiger partial charge in [0.1, 0.15) is 61.0 Å². The van der Waals surface area contributed by atoms with Crippen LogP contribution in [-0.4, -0.2) is 177 Å². The Kier molecular flexibility index (Phi) is 26.1. The molecule has 5 aliphatic heterocycles. The van der Waals surface area contributed by atoms with Crippen molar-refractivity contribution in [2.24, 2.45) is 0 Å². The average molecular weight is 1020 g/mol. The number of aliphatic hydroxyl groups excluding tert-OH is 7. The molecule has 2 bridgehead atoms. The third-order valence-corrected chi connectivity index (χ3v) is 14.8. The fourth-order valence-electron chi connectivity index (χ4n) is 10.4. The Bertz CT molecular complexity index is 1510. The highest BCUT2D eigenvalue weighted by atomic mass is 16.8. The zero-order valence-electron chi connectivity index (χ0n) is 43.4. The lowest BCUT2D eigenvalue weighted by atomic mass is 9.96. The van der Waals surface area contributed by atoms with E-state index in [4.69, 9.17) is 47.4 Å². The Morgan fingerprint density at radius 3 is 1.66 bits per heavy atom. The molecule has 414 valence electrons. The van der Waals surface area contributed by atoms with E-state index in [0.29, 0.717) is 12.8 Å². The Morgan fingerprint density at radius 1 is 0.493 bits per heavy atom. The third kappa shape index (κ3) is 17.7. The second-order valence-corrected chi connectivity index (χ2v) is 20.8. The van der Waals surface area contributed by atoms with E-state index in [0.717, 1.165) is 89.9 Å². The zero-order valence-corrected chi connectivity index (χ0v) is 43.4. The van der Waals surface area contributed by atoms with E-state index in [9.17, 15) is 45.3 Å². The van der Waals surface area contributed by atoms with Gasteiger partial charge in [0.05, 0.1) is 30.5 Å². The smallest absolute Gasteiger partial charge is 0.306 e. The van der Waals surface area contributed by atoms with Gasteiger partial charge >= 0.3 is 11.9 Å². The van der Waals surface area contributed by atoms with Crippen LogP contribution in [0.4, 0.5) is 0 Å². The molecule has 5 aliphatic rings. The number of carbonyl (C=O) groups excluding carboxylic acids is 2. The van der Waals surface area contributed by atoms with E-state index in [1.807, 2.05) is 0 Å². The molecule has 0 aromatic heterocycles. The fourth-order valence-corrected chi connectivity index (χ4v) is 10.4. The second-order valence-electron chi connectivity index (χ2n) is 20.8. The lowest BCUT2D eigenvalue weighted by molar-refractivity contribution is -0.387. The van der Waals surface area contributed by atoms with Gasteiger partial charge in [-0.2, -0.15) is 0 Å². The van der Waals surface area contributed by atoms with Crippen molar-refractivity contribution in [3.8, 4) is 0 Å². The van der Waals surface area contributed by atoms with Crippen molar-refractivity contribution in [2.75, 3.05) is 0 Å². The van der Waals surface area contributed by atoms with Crippen molar-refractivity contribution in [3.05, 3.63) is 0 Å². The minimum Gasteiger partial charge on any atom is -0.457 e. The van der Waals surface area contributed by atoms with E-state index < -0.39 is 135 Å². The summed E-state index contributed by atoms with van der Waals surface area (Å²) in [5.41, 5.74) is 0. The molecule has 0 aromatic carbocycles. The SMILES string of the molecule is CCCCCCCCCCCC(=O)OC1C(C)OC(OC2C(C)OC(OC3C(C)OC4OC5C(OC(CCCCC)CCCCCCCCCC(=O)OC3C4O)OC(C)C(O)C5O)C(O)C2O)C(O)C1O. The van der Waals surface area contributed by atoms with Gasteiger partial charge in [-0.3, -0.25) is 9.59 Å². The van der Waals surface area contributed by atoms with Crippen molar-refractivity contribution < 1.29 is 92.7 Å². The van der Waals surface area contributed by atoms with Gasteiger partial charge in [-0.1, -0.05) is 123 Å². The number of aliphatic hydroxyl groups is 7. The summed E-state index contributed by atoms with van der Waals surface area (Å²) in [7, 11) is 0. The van der Waals surface area contributed by atoms with E-state index in [2.05, 4.69) is 13.8 Å². The first-order valence-electron chi connectivity index (χ1n) is 27.4. The second kappa shape index (κ2) is 30.8. The predicted molar refractivity (Wildman–Crippen MR) is 256 cm³/mol. The summed E-state index contributed by atoms with van der Waals surface area (Å²) in [5, 5.41) is 79.6. The normalized spacial score (nSPS) is 41.4. The van der Waals surface area contributed by atoms with E-state index in [1.54, 1.807) is 20.8 Å². The van der Waals surface area contributed by atoms with Crippen LogP contribution >= 0.6 is 0 Å². The molecule has 0 spiro atoms. The van der Waals surface area contributed by atoms with Crippen molar-refractivity contribution in [2.45, 2.75) is 318 Å². The van der Waals surface area contributed by atoms with E-state index >= 15 is 0 Å². The molecule has 19 heteroatoms. The monoisotopic (exact) mass is 1020 g/mol. The van der Waals surface area contributed by atoms with Crippen LogP contribution in [0.1, 0.15) is 189 Å². The minimum atomic E-state index is -1.81. The van der Waals surface area contributed by atoms with Crippen molar-refractivity contribution in [3.63, 3.8) is 0 Å². The van der Waals surface area contributed by atoms with Crippen LogP contribution in [0.5, 0.6) is 0 Å².